The van der Waals surface area contributed by atoms with Crippen molar-refractivity contribution in [2.75, 3.05) is 6.61 Å². The van der Waals surface area contributed by atoms with Crippen LogP contribution in [0.1, 0.15) is 64.5 Å². The van der Waals surface area contributed by atoms with Crippen LogP contribution in [0.2, 0.25) is 0 Å². The molecule has 27 heavy (non-hydrogen) atoms. The molecule has 3 rings (SSSR count). The van der Waals surface area contributed by atoms with Gasteiger partial charge in [0.1, 0.15) is 0 Å². The van der Waals surface area contributed by atoms with Crippen molar-refractivity contribution in [1.29, 1.82) is 0 Å². The highest BCUT2D eigenvalue weighted by molar-refractivity contribution is 6.04. The first kappa shape index (κ1) is 19.4. The number of ether oxygens (including phenoxy) is 1. The summed E-state index contributed by atoms with van der Waals surface area (Å²) in [6.45, 7) is 10.3. The Morgan fingerprint density at radius 2 is 1.85 bits per heavy atom. The first-order chi connectivity index (χ1) is 12.8. The second-order valence-electron chi connectivity index (χ2n) is 8.25. The van der Waals surface area contributed by atoms with E-state index in [1.807, 2.05) is 19.1 Å². The summed E-state index contributed by atoms with van der Waals surface area (Å²) in [5.41, 5.74) is 5.13. The van der Waals surface area contributed by atoms with Crippen molar-refractivity contribution in [1.82, 2.24) is 5.32 Å². The van der Waals surface area contributed by atoms with Gasteiger partial charge in [-0.2, -0.15) is 0 Å². The fraction of sp³-hybridized carbons (Fsp3) is 0.478. The number of carbonyl (C=O) groups excluding carboxylic acids is 2. The van der Waals surface area contributed by atoms with Crippen LogP contribution in [0.3, 0.4) is 0 Å². The van der Waals surface area contributed by atoms with Gasteiger partial charge in [-0.15, -0.1) is 0 Å². The molecular formula is C23H29NO3. The lowest BCUT2D eigenvalue weighted by atomic mass is 9.68. The third-order valence-electron chi connectivity index (χ3n) is 5.46. The first-order valence-corrected chi connectivity index (χ1v) is 9.77. The summed E-state index contributed by atoms with van der Waals surface area (Å²) in [6, 6.07) is 8.23. The van der Waals surface area contributed by atoms with Crippen LogP contribution in [0.15, 0.2) is 46.8 Å². The van der Waals surface area contributed by atoms with E-state index >= 15 is 0 Å². The summed E-state index contributed by atoms with van der Waals surface area (Å²) in [5.74, 6) is -0.598. The maximum atomic E-state index is 13.1. The van der Waals surface area contributed by atoms with Gasteiger partial charge in [0, 0.05) is 29.3 Å². The van der Waals surface area contributed by atoms with Crippen LogP contribution in [0.4, 0.5) is 0 Å². The lowest BCUT2D eigenvalue weighted by molar-refractivity contribution is -0.138. The van der Waals surface area contributed by atoms with Gasteiger partial charge in [-0.05, 0) is 43.2 Å². The van der Waals surface area contributed by atoms with Crippen LogP contribution in [-0.4, -0.2) is 18.4 Å². The number of nitrogens with one attached hydrogen (secondary N) is 1. The molecule has 1 aliphatic carbocycles. The van der Waals surface area contributed by atoms with Gasteiger partial charge in [0.2, 0.25) is 0 Å². The normalized spacial score (nSPS) is 21.7. The SMILES string of the molecule is CCOC(=O)C1=C(C)NC2=C(C(=O)CC(C)(C)C2)[C@@H]1c1ccc(CC)cc1. The topological polar surface area (TPSA) is 55.4 Å². The Labute approximate surface area is 161 Å². The Morgan fingerprint density at radius 1 is 1.19 bits per heavy atom. The number of rotatable bonds is 4. The third-order valence-corrected chi connectivity index (χ3v) is 5.46. The highest BCUT2D eigenvalue weighted by Crippen LogP contribution is 2.46. The van der Waals surface area contributed by atoms with Crippen molar-refractivity contribution >= 4 is 11.8 Å². The van der Waals surface area contributed by atoms with Gasteiger partial charge in [-0.1, -0.05) is 45.0 Å². The average Bonchev–Trinajstić information content (AvgIpc) is 2.59. The zero-order valence-corrected chi connectivity index (χ0v) is 16.9. The molecule has 0 saturated heterocycles. The van der Waals surface area contributed by atoms with Crippen LogP contribution in [0, 0.1) is 5.41 Å². The Kier molecular flexibility index (Phi) is 5.27. The minimum atomic E-state index is -0.366. The summed E-state index contributed by atoms with van der Waals surface area (Å²) in [4.78, 5) is 25.9. The van der Waals surface area contributed by atoms with Crippen molar-refractivity contribution in [2.45, 2.75) is 59.8 Å². The van der Waals surface area contributed by atoms with E-state index in [4.69, 9.17) is 4.74 Å². The second-order valence-corrected chi connectivity index (χ2v) is 8.25. The van der Waals surface area contributed by atoms with E-state index in [0.717, 1.165) is 35.4 Å². The maximum absolute atomic E-state index is 13.1. The summed E-state index contributed by atoms with van der Waals surface area (Å²) in [7, 11) is 0. The van der Waals surface area contributed by atoms with Crippen molar-refractivity contribution in [3.8, 4) is 0 Å². The van der Waals surface area contributed by atoms with Crippen molar-refractivity contribution in [3.63, 3.8) is 0 Å². The number of Topliss-reactive ketones (excluding diaryl/α,β-unsaturated/α-hetero) is 1. The standard InChI is InChI=1S/C23H29NO3/c1-6-15-8-10-16(11-9-15)20-19(22(26)27-7-2)14(3)24-17-12-23(4,5)13-18(25)21(17)20/h8-11,20,24H,6-7,12-13H2,1-5H3/t20-/m1/s1. The number of dihydropyridines is 1. The molecule has 144 valence electrons. The van der Waals surface area contributed by atoms with Gasteiger partial charge in [0.05, 0.1) is 12.2 Å². The third kappa shape index (κ3) is 3.71. The molecule has 0 aromatic heterocycles. The molecule has 4 heteroatoms. The zero-order valence-electron chi connectivity index (χ0n) is 16.9. The van der Waals surface area contributed by atoms with Gasteiger partial charge >= 0.3 is 5.97 Å². The number of hydrogen-bond donors (Lipinski definition) is 1. The molecule has 1 aromatic carbocycles. The van der Waals surface area contributed by atoms with Crippen molar-refractivity contribution < 1.29 is 14.3 Å². The second kappa shape index (κ2) is 7.34. The summed E-state index contributed by atoms with van der Waals surface area (Å²) >= 11 is 0. The Hall–Kier alpha value is -2.36. The number of carbonyl (C=O) groups is 2. The summed E-state index contributed by atoms with van der Waals surface area (Å²) < 4.78 is 5.33. The van der Waals surface area contributed by atoms with E-state index in [-0.39, 0.29) is 23.1 Å². The number of hydrogen-bond acceptors (Lipinski definition) is 4. The molecule has 4 nitrogen and oxygen atoms in total. The van der Waals surface area contributed by atoms with Crippen LogP contribution < -0.4 is 5.32 Å². The van der Waals surface area contributed by atoms with Gasteiger partial charge in [0.15, 0.2) is 5.78 Å². The molecule has 0 bridgehead atoms. The Bertz CT molecular complexity index is 828. The van der Waals surface area contributed by atoms with E-state index in [2.05, 4.69) is 38.2 Å². The van der Waals surface area contributed by atoms with Crippen LogP contribution >= 0.6 is 0 Å². The van der Waals surface area contributed by atoms with Gasteiger partial charge in [0.25, 0.3) is 0 Å². The molecule has 0 amide bonds. The quantitative estimate of drug-likeness (QED) is 0.801. The fourth-order valence-corrected chi connectivity index (χ4v) is 4.19. The van der Waals surface area contributed by atoms with Crippen molar-refractivity contribution in [2.24, 2.45) is 5.41 Å². The number of benzene rings is 1. The average molecular weight is 367 g/mol. The molecular weight excluding hydrogens is 338 g/mol. The molecule has 0 spiro atoms. The fourth-order valence-electron chi connectivity index (χ4n) is 4.19. The van der Waals surface area contributed by atoms with Crippen LogP contribution in [0.25, 0.3) is 0 Å². The van der Waals surface area contributed by atoms with Gasteiger partial charge in [-0.3, -0.25) is 4.79 Å². The summed E-state index contributed by atoms with van der Waals surface area (Å²) in [5, 5.41) is 3.35. The Morgan fingerprint density at radius 3 is 2.44 bits per heavy atom. The predicted molar refractivity (Wildman–Crippen MR) is 106 cm³/mol. The highest BCUT2D eigenvalue weighted by atomic mass is 16.5. The number of allylic oxidation sites excluding steroid dienone is 3. The minimum Gasteiger partial charge on any atom is -0.463 e. The molecule has 0 unspecified atom stereocenters. The zero-order chi connectivity index (χ0) is 19.8. The van der Waals surface area contributed by atoms with Crippen LogP contribution in [0.5, 0.6) is 0 Å². The number of aryl methyl sites for hydroxylation is 1. The molecule has 1 aliphatic heterocycles. The van der Waals surface area contributed by atoms with Crippen molar-refractivity contribution in [3.05, 3.63) is 57.9 Å². The molecule has 1 heterocycles. The molecule has 2 aliphatic rings. The smallest absolute Gasteiger partial charge is 0.336 e. The minimum absolute atomic E-state index is 0.0821. The highest BCUT2D eigenvalue weighted by Gasteiger charge is 2.43. The molecule has 0 radical (unpaired) electrons. The predicted octanol–water partition coefficient (Wildman–Crippen LogP) is 4.42. The van der Waals surface area contributed by atoms with E-state index in [9.17, 15) is 9.59 Å². The lowest BCUT2D eigenvalue weighted by Crippen LogP contribution is -2.38. The van der Waals surface area contributed by atoms with Crippen LogP contribution in [-0.2, 0) is 20.7 Å². The number of esters is 1. The molecule has 1 atom stereocenters. The molecule has 0 saturated carbocycles. The summed E-state index contributed by atoms with van der Waals surface area (Å²) in [6.07, 6.45) is 2.24. The molecule has 1 aromatic rings. The van der Waals surface area contributed by atoms with E-state index in [1.165, 1.54) is 5.56 Å². The lowest BCUT2D eigenvalue weighted by Gasteiger charge is -2.39. The molecule has 1 N–H and O–H groups in total. The Balaban J connectivity index is 2.15. The first-order valence-electron chi connectivity index (χ1n) is 9.77. The number of ketones is 1. The van der Waals surface area contributed by atoms with Gasteiger partial charge < -0.3 is 10.1 Å². The van der Waals surface area contributed by atoms with Gasteiger partial charge in [-0.25, -0.2) is 4.79 Å². The largest absolute Gasteiger partial charge is 0.463 e. The molecule has 0 fully saturated rings. The maximum Gasteiger partial charge on any atom is 0.336 e. The van der Waals surface area contributed by atoms with E-state index in [1.54, 1.807) is 6.92 Å². The van der Waals surface area contributed by atoms with E-state index in [0.29, 0.717) is 18.6 Å². The monoisotopic (exact) mass is 367 g/mol. The van der Waals surface area contributed by atoms with E-state index < -0.39 is 0 Å².